The third-order valence-corrected chi connectivity index (χ3v) is 5.32. The van der Waals surface area contributed by atoms with Gasteiger partial charge in [0.1, 0.15) is 11.8 Å². The number of para-hydroxylation sites is 1. The van der Waals surface area contributed by atoms with E-state index < -0.39 is 12.0 Å². The predicted octanol–water partition coefficient (Wildman–Crippen LogP) is 2.31. The van der Waals surface area contributed by atoms with E-state index in [9.17, 15) is 19.5 Å². The highest BCUT2D eigenvalue weighted by molar-refractivity contribution is 5.85. The summed E-state index contributed by atoms with van der Waals surface area (Å²) in [5, 5.41) is 12.0. The highest BCUT2D eigenvalue weighted by Gasteiger charge is 2.31. The molecule has 1 heterocycles. The van der Waals surface area contributed by atoms with E-state index >= 15 is 0 Å². The molecule has 0 spiro atoms. The molecule has 2 rings (SSSR count). The van der Waals surface area contributed by atoms with Crippen molar-refractivity contribution in [1.82, 2.24) is 10.2 Å². The fourth-order valence-corrected chi connectivity index (χ4v) is 3.28. The number of rotatable bonds is 9. The minimum absolute atomic E-state index is 0.0119. The van der Waals surface area contributed by atoms with Crippen LogP contribution in [0.15, 0.2) is 30.3 Å². The Labute approximate surface area is 166 Å². The number of ether oxygens (including phenoxy) is 1. The third-order valence-electron chi connectivity index (χ3n) is 5.32. The van der Waals surface area contributed by atoms with E-state index in [4.69, 9.17) is 4.74 Å². The van der Waals surface area contributed by atoms with Gasteiger partial charge < -0.3 is 20.1 Å². The predicted molar refractivity (Wildman–Crippen MR) is 105 cm³/mol. The molecule has 2 N–H and O–H groups in total. The van der Waals surface area contributed by atoms with Crippen molar-refractivity contribution in [3.63, 3.8) is 0 Å². The minimum atomic E-state index is -1.01. The molecule has 2 unspecified atom stereocenters. The van der Waals surface area contributed by atoms with Gasteiger partial charge in [-0.1, -0.05) is 38.5 Å². The van der Waals surface area contributed by atoms with Gasteiger partial charge in [-0.05, 0) is 30.9 Å². The van der Waals surface area contributed by atoms with Crippen molar-refractivity contribution in [1.29, 1.82) is 0 Å². The van der Waals surface area contributed by atoms with Crippen LogP contribution in [0, 0.1) is 11.8 Å². The van der Waals surface area contributed by atoms with Crippen molar-refractivity contribution in [3.05, 3.63) is 30.3 Å². The quantitative estimate of drug-likeness (QED) is 0.675. The summed E-state index contributed by atoms with van der Waals surface area (Å²) in [5.41, 5.74) is 0. The molecule has 2 atom stereocenters. The molecule has 1 saturated heterocycles. The molecule has 0 bridgehead atoms. The number of aliphatic carboxylic acids is 1. The fourth-order valence-electron chi connectivity index (χ4n) is 3.28. The van der Waals surface area contributed by atoms with Crippen LogP contribution in [0.3, 0.4) is 0 Å². The first-order chi connectivity index (χ1) is 13.4. The summed E-state index contributed by atoms with van der Waals surface area (Å²) in [6, 6.07) is 8.48. The Bertz CT molecular complexity index is 656. The number of carboxylic acids is 1. The number of piperidine rings is 1. The zero-order chi connectivity index (χ0) is 20.5. The Morgan fingerprint density at radius 2 is 1.86 bits per heavy atom. The second-order valence-corrected chi connectivity index (χ2v) is 7.28. The Morgan fingerprint density at radius 3 is 2.43 bits per heavy atom. The summed E-state index contributed by atoms with van der Waals surface area (Å²) >= 11 is 0. The molecule has 0 aromatic heterocycles. The lowest BCUT2D eigenvalue weighted by molar-refractivity contribution is -0.144. The molecule has 2 amide bonds. The molecule has 28 heavy (non-hydrogen) atoms. The van der Waals surface area contributed by atoms with Crippen LogP contribution in [0.25, 0.3) is 0 Å². The van der Waals surface area contributed by atoms with Crippen LogP contribution in [-0.2, 0) is 14.4 Å². The van der Waals surface area contributed by atoms with Crippen molar-refractivity contribution >= 4 is 17.8 Å². The van der Waals surface area contributed by atoms with Crippen molar-refractivity contribution in [3.8, 4) is 5.75 Å². The molecule has 7 heteroatoms. The Morgan fingerprint density at radius 1 is 1.21 bits per heavy atom. The van der Waals surface area contributed by atoms with Gasteiger partial charge >= 0.3 is 5.97 Å². The maximum Gasteiger partial charge on any atom is 0.326 e. The number of hydrogen-bond donors (Lipinski definition) is 2. The minimum Gasteiger partial charge on any atom is -0.493 e. The van der Waals surface area contributed by atoms with Crippen molar-refractivity contribution in [2.75, 3.05) is 19.7 Å². The van der Waals surface area contributed by atoms with Crippen LogP contribution in [0.1, 0.15) is 39.5 Å². The van der Waals surface area contributed by atoms with E-state index in [0.29, 0.717) is 45.4 Å². The molecular formula is C21H30N2O5. The molecule has 0 saturated carbocycles. The van der Waals surface area contributed by atoms with E-state index in [1.165, 1.54) is 0 Å². The van der Waals surface area contributed by atoms with Gasteiger partial charge in [-0.25, -0.2) is 4.79 Å². The average Bonchev–Trinajstić information content (AvgIpc) is 2.71. The molecule has 1 aromatic carbocycles. The van der Waals surface area contributed by atoms with Crippen LogP contribution in [0.5, 0.6) is 5.75 Å². The van der Waals surface area contributed by atoms with Gasteiger partial charge in [0.15, 0.2) is 0 Å². The van der Waals surface area contributed by atoms with Crippen LogP contribution in [0.4, 0.5) is 0 Å². The number of carbonyl (C=O) groups is 3. The Balaban J connectivity index is 1.74. The van der Waals surface area contributed by atoms with Gasteiger partial charge in [0, 0.05) is 19.0 Å². The second-order valence-electron chi connectivity index (χ2n) is 7.28. The van der Waals surface area contributed by atoms with E-state index in [-0.39, 0.29) is 23.7 Å². The number of nitrogens with zero attached hydrogens (tertiary/aromatic N) is 1. The molecule has 0 radical (unpaired) electrons. The SMILES string of the molecule is CCC(C)C(NC(=O)C1CCN(C(=O)CCOc2ccccc2)CC1)C(=O)O. The summed E-state index contributed by atoms with van der Waals surface area (Å²) < 4.78 is 5.56. The summed E-state index contributed by atoms with van der Waals surface area (Å²) in [6.45, 7) is 5.04. The first-order valence-electron chi connectivity index (χ1n) is 9.91. The monoisotopic (exact) mass is 390 g/mol. The summed E-state index contributed by atoms with van der Waals surface area (Å²) in [5.74, 6) is -0.873. The van der Waals surface area contributed by atoms with Gasteiger partial charge in [0.2, 0.25) is 11.8 Å². The number of likely N-dealkylation sites (tertiary alicyclic amines) is 1. The average molecular weight is 390 g/mol. The Hall–Kier alpha value is -2.57. The normalized spacial score (nSPS) is 16.9. The zero-order valence-corrected chi connectivity index (χ0v) is 16.6. The van der Waals surface area contributed by atoms with E-state index in [1.54, 1.807) is 4.90 Å². The maximum atomic E-state index is 12.4. The fraction of sp³-hybridized carbons (Fsp3) is 0.571. The van der Waals surface area contributed by atoms with Crippen LogP contribution in [-0.4, -0.2) is 53.5 Å². The van der Waals surface area contributed by atoms with E-state index in [2.05, 4.69) is 5.32 Å². The molecule has 7 nitrogen and oxygen atoms in total. The van der Waals surface area contributed by atoms with Gasteiger partial charge in [0.25, 0.3) is 0 Å². The standard InChI is InChI=1S/C21H30N2O5/c1-3-15(2)19(21(26)27)22-20(25)16-9-12-23(13-10-16)18(24)11-14-28-17-7-5-4-6-8-17/h4-8,15-16,19H,3,9-14H2,1-2H3,(H,22,25)(H,26,27). The van der Waals surface area contributed by atoms with Crippen molar-refractivity contribution in [2.24, 2.45) is 11.8 Å². The van der Waals surface area contributed by atoms with E-state index in [0.717, 1.165) is 5.75 Å². The molecule has 1 aliphatic heterocycles. The number of nitrogens with one attached hydrogen (secondary N) is 1. The molecule has 1 fully saturated rings. The lowest BCUT2D eigenvalue weighted by Gasteiger charge is -2.32. The number of hydrogen-bond acceptors (Lipinski definition) is 4. The molecular weight excluding hydrogens is 360 g/mol. The van der Waals surface area contributed by atoms with Crippen LogP contribution in [0.2, 0.25) is 0 Å². The van der Waals surface area contributed by atoms with Crippen LogP contribution < -0.4 is 10.1 Å². The number of carboxylic acid groups (broad SMARTS) is 1. The molecule has 0 aliphatic carbocycles. The second kappa shape index (κ2) is 10.7. The van der Waals surface area contributed by atoms with E-state index in [1.807, 2.05) is 44.2 Å². The molecule has 1 aliphatic rings. The highest BCUT2D eigenvalue weighted by atomic mass is 16.5. The number of carbonyl (C=O) groups excluding carboxylic acids is 2. The van der Waals surface area contributed by atoms with Crippen LogP contribution >= 0.6 is 0 Å². The number of benzene rings is 1. The largest absolute Gasteiger partial charge is 0.493 e. The van der Waals surface area contributed by atoms with Gasteiger partial charge in [-0.2, -0.15) is 0 Å². The number of amides is 2. The van der Waals surface area contributed by atoms with Gasteiger partial charge in [0.05, 0.1) is 13.0 Å². The maximum absolute atomic E-state index is 12.4. The summed E-state index contributed by atoms with van der Waals surface area (Å²) in [6.07, 6.45) is 2.06. The summed E-state index contributed by atoms with van der Waals surface area (Å²) in [4.78, 5) is 37.9. The summed E-state index contributed by atoms with van der Waals surface area (Å²) in [7, 11) is 0. The third kappa shape index (κ3) is 6.25. The lowest BCUT2D eigenvalue weighted by Crippen LogP contribution is -2.49. The molecule has 1 aromatic rings. The Kier molecular flexibility index (Phi) is 8.29. The van der Waals surface area contributed by atoms with Crippen molar-refractivity contribution in [2.45, 2.75) is 45.6 Å². The van der Waals surface area contributed by atoms with Crippen molar-refractivity contribution < 1.29 is 24.2 Å². The molecule has 154 valence electrons. The first-order valence-corrected chi connectivity index (χ1v) is 9.91. The lowest BCUT2D eigenvalue weighted by atomic mass is 9.93. The smallest absolute Gasteiger partial charge is 0.326 e. The van der Waals surface area contributed by atoms with Gasteiger partial charge in [-0.3, -0.25) is 9.59 Å². The first kappa shape index (κ1) is 21.7. The van der Waals surface area contributed by atoms with Gasteiger partial charge in [-0.15, -0.1) is 0 Å². The zero-order valence-electron chi connectivity index (χ0n) is 16.6. The topological polar surface area (TPSA) is 95.9 Å². The highest BCUT2D eigenvalue weighted by Crippen LogP contribution is 2.19.